The van der Waals surface area contributed by atoms with Crippen LogP contribution in [0.15, 0.2) is 12.2 Å². The van der Waals surface area contributed by atoms with Crippen LogP contribution in [-0.4, -0.2) is 30.9 Å². The lowest BCUT2D eigenvalue weighted by atomic mass is 9.82. The highest BCUT2D eigenvalue weighted by Crippen LogP contribution is 2.38. The van der Waals surface area contributed by atoms with Crippen LogP contribution in [0.5, 0.6) is 0 Å². The van der Waals surface area contributed by atoms with Crippen LogP contribution >= 0.6 is 0 Å². The summed E-state index contributed by atoms with van der Waals surface area (Å²) in [7, 11) is 0. The van der Waals surface area contributed by atoms with Crippen LogP contribution in [0.25, 0.3) is 0 Å². The molecular weight excluding hydrogens is 260 g/mol. The first-order valence-electron chi connectivity index (χ1n) is 6.83. The van der Waals surface area contributed by atoms with Crippen LogP contribution in [-0.2, 0) is 23.8 Å². The molecule has 0 bridgehead atoms. The van der Waals surface area contributed by atoms with Gasteiger partial charge in [-0.05, 0) is 20.8 Å². The van der Waals surface area contributed by atoms with E-state index >= 15 is 0 Å². The van der Waals surface area contributed by atoms with Gasteiger partial charge in [0.2, 0.25) is 6.29 Å². The summed E-state index contributed by atoms with van der Waals surface area (Å²) in [6, 6.07) is 0. The molecule has 1 aliphatic heterocycles. The number of hydrogen-bond donors (Lipinski definition) is 0. The first-order valence-corrected chi connectivity index (χ1v) is 6.83. The molecule has 5 heteroatoms. The SMILES string of the molecule is CCOC(=O)/C=C\[C@@]1(C)C(=O)O[C@H](C(C)(C)C)O[C@@H]1C. The van der Waals surface area contributed by atoms with Gasteiger partial charge in [-0.25, -0.2) is 4.79 Å². The lowest BCUT2D eigenvalue weighted by Crippen LogP contribution is -2.52. The van der Waals surface area contributed by atoms with E-state index in [0.717, 1.165) is 0 Å². The van der Waals surface area contributed by atoms with Crippen molar-refractivity contribution in [2.45, 2.75) is 53.9 Å². The van der Waals surface area contributed by atoms with E-state index < -0.39 is 29.7 Å². The van der Waals surface area contributed by atoms with E-state index in [1.807, 2.05) is 20.8 Å². The summed E-state index contributed by atoms with van der Waals surface area (Å²) in [5.41, 5.74) is -1.29. The first kappa shape index (κ1) is 16.7. The van der Waals surface area contributed by atoms with Crippen molar-refractivity contribution in [1.29, 1.82) is 0 Å². The summed E-state index contributed by atoms with van der Waals surface area (Å²) in [6.07, 6.45) is 1.77. The number of ether oxygens (including phenoxy) is 3. The molecule has 0 unspecified atom stereocenters. The molecule has 0 N–H and O–H groups in total. The molecule has 3 atom stereocenters. The van der Waals surface area contributed by atoms with Gasteiger partial charge in [-0.3, -0.25) is 4.79 Å². The van der Waals surface area contributed by atoms with Gasteiger partial charge in [0.25, 0.3) is 0 Å². The highest BCUT2D eigenvalue weighted by molar-refractivity contribution is 5.86. The summed E-state index contributed by atoms with van der Waals surface area (Å²) >= 11 is 0. The van der Waals surface area contributed by atoms with Gasteiger partial charge in [0.15, 0.2) is 0 Å². The van der Waals surface area contributed by atoms with Gasteiger partial charge >= 0.3 is 11.9 Å². The summed E-state index contributed by atoms with van der Waals surface area (Å²) in [4.78, 5) is 23.6. The second-order valence-corrected chi connectivity index (χ2v) is 6.25. The van der Waals surface area contributed by atoms with Gasteiger partial charge < -0.3 is 14.2 Å². The van der Waals surface area contributed by atoms with E-state index in [-0.39, 0.29) is 5.41 Å². The van der Waals surface area contributed by atoms with E-state index in [0.29, 0.717) is 6.61 Å². The predicted molar refractivity (Wildman–Crippen MR) is 73.8 cm³/mol. The molecule has 0 amide bonds. The van der Waals surface area contributed by atoms with Crippen molar-refractivity contribution in [3.8, 4) is 0 Å². The van der Waals surface area contributed by atoms with Crippen molar-refractivity contribution in [1.82, 2.24) is 0 Å². The highest BCUT2D eigenvalue weighted by atomic mass is 16.7. The van der Waals surface area contributed by atoms with Crippen molar-refractivity contribution < 1.29 is 23.8 Å². The van der Waals surface area contributed by atoms with E-state index in [2.05, 4.69) is 0 Å². The zero-order valence-corrected chi connectivity index (χ0v) is 13.1. The normalized spacial score (nSPS) is 31.2. The van der Waals surface area contributed by atoms with Crippen molar-refractivity contribution in [3.63, 3.8) is 0 Å². The maximum absolute atomic E-state index is 12.2. The highest BCUT2D eigenvalue weighted by Gasteiger charge is 2.48. The van der Waals surface area contributed by atoms with Crippen molar-refractivity contribution in [2.75, 3.05) is 6.61 Å². The predicted octanol–water partition coefficient (Wildman–Crippen LogP) is 2.45. The van der Waals surface area contributed by atoms with Crippen LogP contribution in [0.1, 0.15) is 41.5 Å². The van der Waals surface area contributed by atoms with Gasteiger partial charge in [-0.15, -0.1) is 0 Å². The molecule has 1 saturated heterocycles. The number of carbonyl (C=O) groups is 2. The summed E-state index contributed by atoms with van der Waals surface area (Å²) in [6.45, 7) is 11.3. The minimum absolute atomic E-state index is 0.294. The molecule has 114 valence electrons. The summed E-state index contributed by atoms with van der Waals surface area (Å²) < 4.78 is 16.0. The maximum atomic E-state index is 12.2. The third-order valence-corrected chi connectivity index (χ3v) is 3.39. The van der Waals surface area contributed by atoms with Crippen LogP contribution < -0.4 is 0 Å². The second kappa shape index (κ2) is 5.95. The van der Waals surface area contributed by atoms with Gasteiger partial charge in [0, 0.05) is 11.5 Å². The van der Waals surface area contributed by atoms with Gasteiger partial charge in [-0.1, -0.05) is 26.8 Å². The van der Waals surface area contributed by atoms with E-state index in [1.54, 1.807) is 20.8 Å². The molecule has 0 saturated carbocycles. The van der Waals surface area contributed by atoms with Gasteiger partial charge in [0.1, 0.15) is 5.41 Å². The Balaban J connectivity index is 2.86. The Morgan fingerprint density at radius 2 is 2.05 bits per heavy atom. The fourth-order valence-electron chi connectivity index (χ4n) is 1.76. The molecule has 0 aromatic carbocycles. The molecule has 0 aromatic heterocycles. The summed E-state index contributed by atoms with van der Waals surface area (Å²) in [5, 5.41) is 0. The standard InChI is InChI=1S/C15H24O5/c1-7-18-11(16)8-9-15(6)10(2)19-13(14(3,4)5)20-12(15)17/h8-10,13H,7H2,1-6H3/b9-8-/t10-,13-,15-/m1/s1. The Morgan fingerprint density at radius 3 is 2.50 bits per heavy atom. The molecule has 0 spiro atoms. The van der Waals surface area contributed by atoms with Crippen molar-refractivity contribution in [2.24, 2.45) is 10.8 Å². The molecule has 0 aliphatic carbocycles. The van der Waals surface area contributed by atoms with Gasteiger partial charge in [0.05, 0.1) is 12.7 Å². The largest absolute Gasteiger partial charge is 0.463 e. The Kier molecular flexibility index (Phi) is 4.97. The average molecular weight is 284 g/mol. The number of hydrogen-bond acceptors (Lipinski definition) is 5. The van der Waals surface area contributed by atoms with E-state index in [9.17, 15) is 9.59 Å². The number of cyclic esters (lactones) is 1. The Labute approximate surface area is 120 Å². The number of esters is 2. The molecular formula is C15H24O5. The molecule has 5 nitrogen and oxygen atoms in total. The quantitative estimate of drug-likeness (QED) is 0.588. The first-order chi connectivity index (χ1) is 9.11. The smallest absolute Gasteiger partial charge is 0.330 e. The van der Waals surface area contributed by atoms with E-state index in [4.69, 9.17) is 14.2 Å². The average Bonchev–Trinajstić information content (AvgIpc) is 2.32. The number of rotatable bonds is 3. The second-order valence-electron chi connectivity index (χ2n) is 6.25. The minimum atomic E-state index is -0.992. The Hall–Kier alpha value is -1.36. The van der Waals surface area contributed by atoms with Crippen LogP contribution in [0.3, 0.4) is 0 Å². The topological polar surface area (TPSA) is 61.8 Å². The fraction of sp³-hybridized carbons (Fsp3) is 0.733. The molecule has 20 heavy (non-hydrogen) atoms. The number of carbonyl (C=O) groups excluding carboxylic acids is 2. The lowest BCUT2D eigenvalue weighted by Gasteiger charge is -2.43. The van der Waals surface area contributed by atoms with Crippen LogP contribution in [0.4, 0.5) is 0 Å². The monoisotopic (exact) mass is 284 g/mol. The third kappa shape index (κ3) is 3.60. The summed E-state index contributed by atoms with van der Waals surface area (Å²) in [5.74, 6) is -0.872. The van der Waals surface area contributed by atoms with Gasteiger partial charge in [-0.2, -0.15) is 0 Å². The fourth-order valence-corrected chi connectivity index (χ4v) is 1.76. The molecule has 1 fully saturated rings. The van der Waals surface area contributed by atoms with Crippen LogP contribution in [0, 0.1) is 10.8 Å². The molecule has 0 aromatic rings. The zero-order valence-electron chi connectivity index (χ0n) is 13.1. The van der Waals surface area contributed by atoms with Crippen molar-refractivity contribution in [3.05, 3.63) is 12.2 Å². The Morgan fingerprint density at radius 1 is 1.45 bits per heavy atom. The van der Waals surface area contributed by atoms with Crippen molar-refractivity contribution >= 4 is 11.9 Å². The minimum Gasteiger partial charge on any atom is -0.463 e. The lowest BCUT2D eigenvalue weighted by molar-refractivity contribution is -0.263. The zero-order chi connectivity index (χ0) is 15.6. The molecule has 1 aliphatic rings. The Bertz CT molecular complexity index is 407. The third-order valence-electron chi connectivity index (χ3n) is 3.39. The van der Waals surface area contributed by atoms with E-state index in [1.165, 1.54) is 12.2 Å². The maximum Gasteiger partial charge on any atom is 0.330 e. The molecule has 1 rings (SSSR count). The van der Waals surface area contributed by atoms with Crippen LogP contribution in [0.2, 0.25) is 0 Å². The molecule has 0 radical (unpaired) electrons. The molecule has 1 heterocycles.